The summed E-state index contributed by atoms with van der Waals surface area (Å²) in [5.74, 6) is -0.774. The van der Waals surface area contributed by atoms with E-state index in [0.29, 0.717) is 16.4 Å². The smallest absolute Gasteiger partial charge is 0.328 e. The van der Waals surface area contributed by atoms with E-state index in [0.717, 1.165) is 0 Å². The SMILES string of the molecule is CC(C)C(C(=O)O)n1nnnc1-c1ccccc1Cl. The van der Waals surface area contributed by atoms with Crippen LogP contribution in [0, 0.1) is 5.92 Å². The summed E-state index contributed by atoms with van der Waals surface area (Å²) in [5, 5.41) is 21.0. The number of nitrogens with zero attached hydrogens (tertiary/aromatic N) is 4. The maximum absolute atomic E-state index is 11.4. The van der Waals surface area contributed by atoms with E-state index in [1.807, 2.05) is 0 Å². The summed E-state index contributed by atoms with van der Waals surface area (Å²) in [5.41, 5.74) is 0.612. The highest BCUT2D eigenvalue weighted by Crippen LogP contribution is 2.28. The number of halogens is 1. The zero-order chi connectivity index (χ0) is 14.0. The fraction of sp³-hybridized carbons (Fsp3) is 0.333. The third-order valence-corrected chi connectivity index (χ3v) is 3.09. The number of tetrazole rings is 1. The quantitative estimate of drug-likeness (QED) is 0.929. The first-order valence-corrected chi connectivity index (χ1v) is 6.15. The molecule has 0 bridgehead atoms. The molecule has 0 amide bonds. The first kappa shape index (κ1) is 13.5. The molecule has 100 valence electrons. The molecule has 1 N–H and O–H groups in total. The van der Waals surface area contributed by atoms with Gasteiger partial charge in [0, 0.05) is 5.56 Å². The summed E-state index contributed by atoms with van der Waals surface area (Å²) in [7, 11) is 0. The number of hydrogen-bond acceptors (Lipinski definition) is 4. The van der Waals surface area contributed by atoms with Crippen LogP contribution in [-0.2, 0) is 4.79 Å². The molecule has 2 aromatic rings. The molecule has 2 rings (SSSR count). The number of aliphatic carboxylic acids is 1. The van der Waals surface area contributed by atoms with Crippen LogP contribution in [0.25, 0.3) is 11.4 Å². The van der Waals surface area contributed by atoms with Gasteiger partial charge in [-0.2, -0.15) is 0 Å². The third kappa shape index (κ3) is 2.58. The second kappa shape index (κ2) is 5.36. The van der Waals surface area contributed by atoms with Crippen LogP contribution in [0.15, 0.2) is 24.3 Å². The van der Waals surface area contributed by atoms with E-state index in [4.69, 9.17) is 11.6 Å². The third-order valence-electron chi connectivity index (χ3n) is 2.76. The van der Waals surface area contributed by atoms with Crippen molar-refractivity contribution in [1.29, 1.82) is 0 Å². The van der Waals surface area contributed by atoms with Crippen molar-refractivity contribution in [2.45, 2.75) is 19.9 Å². The van der Waals surface area contributed by atoms with Crippen molar-refractivity contribution in [3.05, 3.63) is 29.3 Å². The number of benzene rings is 1. The molecule has 1 atom stereocenters. The van der Waals surface area contributed by atoms with Crippen molar-refractivity contribution < 1.29 is 9.90 Å². The van der Waals surface area contributed by atoms with Crippen molar-refractivity contribution in [3.8, 4) is 11.4 Å². The Balaban J connectivity index is 2.54. The number of rotatable bonds is 4. The second-order valence-electron chi connectivity index (χ2n) is 4.45. The largest absolute Gasteiger partial charge is 0.480 e. The Morgan fingerprint density at radius 1 is 1.37 bits per heavy atom. The highest BCUT2D eigenvalue weighted by molar-refractivity contribution is 6.33. The van der Waals surface area contributed by atoms with Gasteiger partial charge < -0.3 is 5.11 Å². The van der Waals surface area contributed by atoms with Crippen LogP contribution in [0.1, 0.15) is 19.9 Å². The van der Waals surface area contributed by atoms with Crippen molar-refractivity contribution in [2.75, 3.05) is 0 Å². The molecule has 0 saturated carbocycles. The monoisotopic (exact) mass is 280 g/mol. The number of carboxylic acids is 1. The second-order valence-corrected chi connectivity index (χ2v) is 4.86. The van der Waals surface area contributed by atoms with Crippen molar-refractivity contribution in [3.63, 3.8) is 0 Å². The van der Waals surface area contributed by atoms with Gasteiger partial charge in [-0.3, -0.25) is 0 Å². The predicted molar refractivity (Wildman–Crippen MR) is 69.8 cm³/mol. The maximum atomic E-state index is 11.4. The fourth-order valence-electron chi connectivity index (χ4n) is 1.87. The molecule has 0 aliphatic heterocycles. The van der Waals surface area contributed by atoms with Crippen LogP contribution >= 0.6 is 11.6 Å². The van der Waals surface area contributed by atoms with Gasteiger partial charge in [0.25, 0.3) is 0 Å². The van der Waals surface area contributed by atoms with Crippen molar-refractivity contribution in [2.24, 2.45) is 5.92 Å². The molecule has 1 heterocycles. The average molecular weight is 281 g/mol. The average Bonchev–Trinajstić information content (AvgIpc) is 2.77. The van der Waals surface area contributed by atoms with Crippen molar-refractivity contribution in [1.82, 2.24) is 20.2 Å². The topological polar surface area (TPSA) is 80.9 Å². The number of aromatic nitrogens is 4. The summed E-state index contributed by atoms with van der Waals surface area (Å²) in [6, 6.07) is 6.22. The van der Waals surface area contributed by atoms with Gasteiger partial charge in [-0.25, -0.2) is 9.48 Å². The van der Waals surface area contributed by atoms with Gasteiger partial charge in [0.15, 0.2) is 11.9 Å². The van der Waals surface area contributed by atoms with Gasteiger partial charge in [-0.05, 0) is 28.5 Å². The summed E-state index contributed by atoms with van der Waals surface area (Å²) >= 11 is 6.10. The van der Waals surface area contributed by atoms with Crippen LogP contribution in [0.2, 0.25) is 5.02 Å². The van der Waals surface area contributed by atoms with E-state index >= 15 is 0 Å². The Bertz CT molecular complexity index is 597. The minimum Gasteiger partial charge on any atom is -0.480 e. The molecule has 0 aliphatic carbocycles. The number of carbonyl (C=O) groups is 1. The molecule has 0 aliphatic rings. The molecular formula is C12H13ClN4O2. The van der Waals surface area contributed by atoms with E-state index < -0.39 is 12.0 Å². The molecule has 1 aromatic carbocycles. The van der Waals surface area contributed by atoms with Gasteiger partial charge >= 0.3 is 5.97 Å². The van der Waals surface area contributed by atoms with Gasteiger partial charge in [0.2, 0.25) is 0 Å². The normalized spacial score (nSPS) is 12.6. The standard InChI is InChI=1S/C12H13ClN4O2/c1-7(2)10(12(18)19)17-11(14-15-16-17)8-5-3-4-6-9(8)13/h3-7,10H,1-2H3,(H,18,19). The zero-order valence-corrected chi connectivity index (χ0v) is 11.2. The highest BCUT2D eigenvalue weighted by atomic mass is 35.5. The van der Waals surface area contributed by atoms with Gasteiger partial charge in [-0.15, -0.1) is 5.10 Å². The molecule has 6 nitrogen and oxygen atoms in total. The molecule has 0 spiro atoms. The van der Waals surface area contributed by atoms with E-state index in [-0.39, 0.29) is 5.92 Å². The Hall–Kier alpha value is -1.95. The summed E-state index contributed by atoms with van der Waals surface area (Å²) < 4.78 is 1.30. The first-order valence-electron chi connectivity index (χ1n) is 5.78. The molecule has 0 radical (unpaired) electrons. The van der Waals surface area contributed by atoms with Crippen LogP contribution in [-0.4, -0.2) is 31.3 Å². The summed E-state index contributed by atoms with van der Waals surface area (Å²) in [6.07, 6.45) is 0. The molecular weight excluding hydrogens is 268 g/mol. The summed E-state index contributed by atoms with van der Waals surface area (Å²) in [6.45, 7) is 3.60. The lowest BCUT2D eigenvalue weighted by Gasteiger charge is -2.17. The van der Waals surface area contributed by atoms with E-state index in [1.54, 1.807) is 38.1 Å². The maximum Gasteiger partial charge on any atom is 0.328 e. The van der Waals surface area contributed by atoms with Crippen LogP contribution in [0.4, 0.5) is 0 Å². The van der Waals surface area contributed by atoms with E-state index in [2.05, 4.69) is 15.5 Å². The lowest BCUT2D eigenvalue weighted by atomic mass is 10.0. The number of carboxylic acid groups (broad SMARTS) is 1. The Morgan fingerprint density at radius 3 is 2.63 bits per heavy atom. The first-order chi connectivity index (χ1) is 9.02. The molecule has 0 fully saturated rings. The van der Waals surface area contributed by atoms with Crippen LogP contribution in [0.5, 0.6) is 0 Å². The predicted octanol–water partition coefficient (Wildman–Crippen LogP) is 2.28. The van der Waals surface area contributed by atoms with E-state index in [9.17, 15) is 9.90 Å². The summed E-state index contributed by atoms with van der Waals surface area (Å²) in [4.78, 5) is 11.4. The minimum absolute atomic E-state index is 0.151. The van der Waals surface area contributed by atoms with Crippen LogP contribution in [0.3, 0.4) is 0 Å². The van der Waals surface area contributed by atoms with Gasteiger partial charge in [0.05, 0.1) is 5.02 Å². The Labute approximate surface area is 115 Å². The lowest BCUT2D eigenvalue weighted by molar-refractivity contribution is -0.142. The molecule has 19 heavy (non-hydrogen) atoms. The fourth-order valence-corrected chi connectivity index (χ4v) is 2.09. The van der Waals surface area contributed by atoms with Gasteiger partial charge in [-0.1, -0.05) is 37.6 Å². The molecule has 0 saturated heterocycles. The Kier molecular flexibility index (Phi) is 3.80. The number of hydrogen-bond donors (Lipinski definition) is 1. The van der Waals surface area contributed by atoms with Crippen molar-refractivity contribution >= 4 is 17.6 Å². The minimum atomic E-state index is -0.976. The molecule has 1 unspecified atom stereocenters. The van der Waals surface area contributed by atoms with Crippen LogP contribution < -0.4 is 0 Å². The van der Waals surface area contributed by atoms with Gasteiger partial charge in [0.1, 0.15) is 0 Å². The lowest BCUT2D eigenvalue weighted by Crippen LogP contribution is -2.26. The Morgan fingerprint density at radius 2 is 2.05 bits per heavy atom. The molecule has 7 heteroatoms. The van der Waals surface area contributed by atoms with E-state index in [1.165, 1.54) is 4.68 Å². The molecule has 1 aromatic heterocycles. The zero-order valence-electron chi connectivity index (χ0n) is 10.5. The highest BCUT2D eigenvalue weighted by Gasteiger charge is 2.28.